The zero-order valence-corrected chi connectivity index (χ0v) is 79.0. The molecule has 10 heterocycles. The Kier molecular flexibility index (Phi) is 29.6. The molecule has 11 aliphatic rings. The minimum absolute atomic E-state index is 0.00230. The Morgan fingerprint density at radius 1 is 0.354 bits per heavy atom. The van der Waals surface area contributed by atoms with Gasteiger partial charge >= 0.3 is 0 Å². The number of nitrogens with zero attached hydrogens (tertiary/aromatic N) is 5. The van der Waals surface area contributed by atoms with Crippen molar-refractivity contribution in [3.8, 4) is 0 Å². The van der Waals surface area contributed by atoms with Gasteiger partial charge in [0, 0.05) is 107 Å². The molecule has 6 saturated carbocycles. The molecule has 11 fully saturated rings. The molecule has 0 bridgehead atoms. The fourth-order valence-corrected chi connectivity index (χ4v) is 23.6. The summed E-state index contributed by atoms with van der Waals surface area (Å²) < 4.78 is 79.9. The summed E-state index contributed by atoms with van der Waals surface area (Å²) in [6, 6.07) is 30.1. The van der Waals surface area contributed by atoms with E-state index in [0.717, 1.165) is 157 Å². The van der Waals surface area contributed by atoms with Gasteiger partial charge in [-0.15, -0.1) is 0 Å². The van der Waals surface area contributed by atoms with Crippen LogP contribution in [0.4, 0.5) is 13.2 Å². The molecule has 21 rings (SSSR count). The molecule has 698 valence electrons. The summed E-state index contributed by atoms with van der Waals surface area (Å²) in [5.74, 6) is 1.65. The van der Waals surface area contributed by atoms with Crippen molar-refractivity contribution < 1.29 is 65.9 Å². The highest BCUT2D eigenvalue weighted by molar-refractivity contribution is 6.39. The van der Waals surface area contributed by atoms with E-state index in [1.165, 1.54) is 38.5 Å². The van der Waals surface area contributed by atoms with Crippen LogP contribution in [0.2, 0.25) is 25.1 Å². The number of benzene rings is 5. The van der Waals surface area contributed by atoms with Gasteiger partial charge in [-0.05, 0) is 213 Å². The predicted octanol–water partition coefficient (Wildman–Crippen LogP) is 25.5. The first-order valence-electron chi connectivity index (χ1n) is 47.9. The van der Waals surface area contributed by atoms with Crippen molar-refractivity contribution in [2.45, 2.75) is 266 Å². The van der Waals surface area contributed by atoms with Crippen LogP contribution in [0.5, 0.6) is 0 Å². The SMILES string of the molecule is CC1(F)CCCC(CCC(=O)c2cn(C3COC3)c3cccc(Cl)c23)C1.CC1(F)CCC[C@@H](CCC(=O)c2cn(C3COC3)c3cccc(Cl)c23)C1.CC1(F)CCC[C@H](CCC(=O)c2cn(C3COC3)c3cccc(Cl)c23)C1.O=C(NCC1(O)CCCCCC1)c1cn(C2COC2)c2cccc(Cl)c12.O=C(NCC1CCCC2(CC2)C1)c1cn(C2COC2)c2cccc(Cl)c12. The van der Waals surface area contributed by atoms with Gasteiger partial charge in [0.2, 0.25) is 0 Å². The fourth-order valence-electron chi connectivity index (χ4n) is 22.2. The largest absolute Gasteiger partial charge is 0.388 e. The van der Waals surface area contributed by atoms with Gasteiger partial charge in [0.15, 0.2) is 17.3 Å². The average molecular weight is 1880 g/mol. The van der Waals surface area contributed by atoms with Gasteiger partial charge in [0.1, 0.15) is 17.0 Å². The molecule has 3 N–H and O–H groups in total. The van der Waals surface area contributed by atoms with Gasteiger partial charge in [-0.3, -0.25) is 24.0 Å². The van der Waals surface area contributed by atoms with Crippen LogP contribution in [-0.4, -0.2) is 159 Å². The number of ketones is 3. The van der Waals surface area contributed by atoms with E-state index in [1.807, 2.05) is 116 Å². The lowest BCUT2D eigenvalue weighted by Crippen LogP contribution is -2.42. The van der Waals surface area contributed by atoms with Crippen LogP contribution >= 0.6 is 58.0 Å². The smallest absolute Gasteiger partial charge is 0.253 e. The molecule has 5 aliphatic heterocycles. The second kappa shape index (κ2) is 40.7. The summed E-state index contributed by atoms with van der Waals surface area (Å²) in [7, 11) is 0. The summed E-state index contributed by atoms with van der Waals surface area (Å²) in [5.41, 5.74) is 4.88. The number of hydrogen-bond acceptors (Lipinski definition) is 11. The zero-order valence-electron chi connectivity index (χ0n) is 75.2. The molecule has 5 aromatic heterocycles. The van der Waals surface area contributed by atoms with Crippen molar-refractivity contribution in [2.24, 2.45) is 29.1 Å². The Labute approximate surface area is 785 Å². The number of ether oxygens (including phenoxy) is 5. The van der Waals surface area contributed by atoms with E-state index in [0.29, 0.717) is 212 Å². The van der Waals surface area contributed by atoms with Crippen molar-refractivity contribution in [1.82, 2.24) is 33.5 Å². The molecule has 10 aromatic rings. The van der Waals surface area contributed by atoms with Crippen molar-refractivity contribution in [3.63, 3.8) is 0 Å². The van der Waals surface area contributed by atoms with E-state index in [1.54, 1.807) is 26.8 Å². The Hall–Kier alpha value is -7.25. The molecule has 0 radical (unpaired) electrons. The second-order valence-corrected chi connectivity index (χ2v) is 42.4. The lowest BCUT2D eigenvalue weighted by atomic mass is 9.78. The molecule has 5 unspecified atom stereocenters. The number of aliphatic hydroxyl groups is 1. The number of halogens is 8. The molecule has 7 atom stereocenters. The van der Waals surface area contributed by atoms with Crippen molar-refractivity contribution in [1.29, 1.82) is 0 Å². The molecule has 1 spiro atoms. The summed E-state index contributed by atoms with van der Waals surface area (Å²) in [6.45, 7) is 12.8. The Morgan fingerprint density at radius 3 is 0.915 bits per heavy atom. The molecule has 130 heavy (non-hydrogen) atoms. The van der Waals surface area contributed by atoms with Crippen molar-refractivity contribution in [2.75, 3.05) is 79.2 Å². The third-order valence-corrected chi connectivity index (χ3v) is 31.6. The number of fused-ring (bicyclic) bond motifs is 5. The van der Waals surface area contributed by atoms with Gasteiger partial charge < -0.3 is 62.3 Å². The summed E-state index contributed by atoms with van der Waals surface area (Å²) in [5, 5.41) is 24.1. The number of rotatable bonds is 23. The molecular weight excluding hydrogens is 1760 g/mol. The number of aromatic nitrogens is 5. The first-order valence-corrected chi connectivity index (χ1v) is 49.7. The highest BCUT2D eigenvalue weighted by atomic mass is 35.5. The molecule has 5 saturated heterocycles. The standard InChI is InChI=1S/3C21H25ClFNO2.C21H25ClN2O2.C20H25ClN2O3/c3*1-21(23)9-3-4-14(10-21)7-8-19(25)16-11-24(15-12-26-13-15)18-6-2-5-17(22)20(16)18;22-17-4-1-5-18-19(17)16(11-24(18)15-12-26-13-15)20(25)23-10-14-3-2-6-21(9-14)7-8-21;21-16-6-5-7-17-18(16)15(10-23(17)14-11-26-12-14)19(24)22-13-20(25)8-3-1-2-4-9-20/h3*2,5-6,11,14-15H,3-4,7-10,12-13H2,1H3;1,4-5,11,14-15H,2-3,6-10,12-13H2,(H,23,25);5-7,10,14,25H,1-4,8-9,11-13H2,(H,22,24)/t2*14-,21?;;;/m10.../s1. The van der Waals surface area contributed by atoms with Crippen LogP contribution in [0.3, 0.4) is 0 Å². The van der Waals surface area contributed by atoms with Crippen LogP contribution < -0.4 is 10.6 Å². The topological polar surface area (TPSA) is 200 Å². The summed E-state index contributed by atoms with van der Waals surface area (Å²) in [4.78, 5) is 64.7. The zero-order chi connectivity index (χ0) is 90.8. The number of carbonyl (C=O) groups excluding carboxylic acids is 5. The van der Waals surface area contributed by atoms with Crippen molar-refractivity contribution in [3.05, 3.63) is 175 Å². The van der Waals surface area contributed by atoms with Crippen LogP contribution in [0.15, 0.2) is 122 Å². The number of alkyl halides is 3. The molecule has 26 heteroatoms. The number of amides is 2. The molecular formula is C104H125Cl5F3N7O11. The molecule has 2 amide bonds. The van der Waals surface area contributed by atoms with E-state index in [2.05, 4.69) is 33.5 Å². The van der Waals surface area contributed by atoms with E-state index in [9.17, 15) is 42.3 Å². The third-order valence-electron chi connectivity index (χ3n) is 30.1. The van der Waals surface area contributed by atoms with Gasteiger partial charge in [0.25, 0.3) is 11.8 Å². The summed E-state index contributed by atoms with van der Waals surface area (Å²) >= 11 is 32.1. The first kappa shape index (κ1) is 94.5. The number of hydrogen-bond donors (Lipinski definition) is 3. The number of Topliss-reactive ketones (excluding diaryl/α,β-unsaturated/α-hetero) is 3. The minimum Gasteiger partial charge on any atom is -0.388 e. The van der Waals surface area contributed by atoms with E-state index >= 15 is 0 Å². The maximum absolute atomic E-state index is 14.2. The molecule has 6 aliphatic carbocycles. The number of nitrogens with one attached hydrogen (secondary N) is 2. The van der Waals surface area contributed by atoms with Crippen LogP contribution in [0.1, 0.15) is 295 Å². The van der Waals surface area contributed by atoms with E-state index < -0.39 is 22.6 Å². The highest BCUT2D eigenvalue weighted by Gasteiger charge is 2.46. The van der Waals surface area contributed by atoms with Crippen LogP contribution in [0, 0.1) is 29.1 Å². The van der Waals surface area contributed by atoms with E-state index in [-0.39, 0.29) is 59.9 Å². The molecule has 5 aromatic carbocycles. The minimum atomic E-state index is -1.07. The maximum atomic E-state index is 14.2. The van der Waals surface area contributed by atoms with Gasteiger partial charge in [-0.1, -0.05) is 159 Å². The lowest BCUT2D eigenvalue weighted by Gasteiger charge is -2.31. The van der Waals surface area contributed by atoms with Gasteiger partial charge in [0.05, 0.1) is 166 Å². The predicted molar refractivity (Wildman–Crippen MR) is 510 cm³/mol. The third kappa shape index (κ3) is 21.7. The first-order chi connectivity index (χ1) is 62.6. The Balaban J connectivity index is 0.000000114. The monoisotopic (exact) mass is 1880 g/mol. The lowest BCUT2D eigenvalue weighted by molar-refractivity contribution is -0.0214. The summed E-state index contributed by atoms with van der Waals surface area (Å²) in [6.07, 6.45) is 36.6. The maximum Gasteiger partial charge on any atom is 0.253 e. The second-order valence-electron chi connectivity index (χ2n) is 40.4. The Morgan fingerprint density at radius 2 is 0.631 bits per heavy atom. The Bertz CT molecular complexity index is 5200. The number of carbonyl (C=O) groups is 5. The van der Waals surface area contributed by atoms with Gasteiger partial charge in [-0.2, -0.15) is 0 Å². The van der Waals surface area contributed by atoms with Crippen LogP contribution in [0.25, 0.3) is 54.5 Å². The van der Waals surface area contributed by atoms with Crippen molar-refractivity contribution >= 4 is 142 Å². The molecule has 18 nitrogen and oxygen atoms in total. The quantitative estimate of drug-likeness (QED) is 0.0406. The highest BCUT2D eigenvalue weighted by Crippen LogP contribution is 2.58. The van der Waals surface area contributed by atoms with Gasteiger partial charge in [-0.25, -0.2) is 13.2 Å². The van der Waals surface area contributed by atoms with Crippen LogP contribution in [-0.2, 0) is 23.7 Å². The van der Waals surface area contributed by atoms with E-state index in [4.69, 9.17) is 81.7 Å². The normalized spacial score (nSPS) is 25.1. The fraction of sp³-hybridized carbons (Fsp3) is 0.567. The average Bonchev–Trinajstić information content (AvgIpc) is 1.62.